The summed E-state index contributed by atoms with van der Waals surface area (Å²) in [5.41, 5.74) is 0. The molecule has 0 radical (unpaired) electrons. The van der Waals surface area contributed by atoms with Crippen molar-refractivity contribution in [1.29, 1.82) is 0 Å². The van der Waals surface area contributed by atoms with Gasteiger partial charge in [-0.15, -0.1) is 11.8 Å². The lowest BCUT2D eigenvalue weighted by molar-refractivity contribution is 0.144. The van der Waals surface area contributed by atoms with E-state index in [0.717, 1.165) is 64.1 Å². The summed E-state index contributed by atoms with van der Waals surface area (Å²) >= 11 is 1.97. The number of thioether (sulfide) groups is 1. The molecule has 1 saturated heterocycles. The van der Waals surface area contributed by atoms with E-state index in [0.29, 0.717) is 0 Å². The second-order valence-electron chi connectivity index (χ2n) is 6.36. The maximum absolute atomic E-state index is 5.39. The van der Waals surface area contributed by atoms with Crippen molar-refractivity contribution in [3.05, 3.63) is 30.3 Å². The van der Waals surface area contributed by atoms with Crippen molar-refractivity contribution in [2.24, 2.45) is 10.9 Å². The molecule has 1 aromatic carbocycles. The second kappa shape index (κ2) is 12.2. The molecular weight excluding hydrogens is 330 g/mol. The van der Waals surface area contributed by atoms with Crippen LogP contribution in [-0.2, 0) is 4.74 Å². The van der Waals surface area contributed by atoms with Crippen LogP contribution in [0.1, 0.15) is 33.1 Å². The fourth-order valence-electron chi connectivity index (χ4n) is 2.96. The standard InChI is InChI=1S/C20H33N3OS/c1-3-21-20(22-13-8-9-15-24-4-2)23-14-12-18(16-23)17-25-19-10-6-5-7-11-19/h5-7,10-11,18H,3-4,8-9,12-17H2,1-2H3,(H,21,22). The van der Waals surface area contributed by atoms with Gasteiger partial charge in [0.15, 0.2) is 5.96 Å². The van der Waals surface area contributed by atoms with Gasteiger partial charge in [0.1, 0.15) is 0 Å². The van der Waals surface area contributed by atoms with Crippen molar-refractivity contribution in [2.45, 2.75) is 38.0 Å². The van der Waals surface area contributed by atoms with E-state index in [1.165, 1.54) is 17.1 Å². The van der Waals surface area contributed by atoms with Crippen molar-refractivity contribution >= 4 is 17.7 Å². The summed E-state index contributed by atoms with van der Waals surface area (Å²) in [4.78, 5) is 8.62. The van der Waals surface area contributed by atoms with E-state index in [2.05, 4.69) is 47.5 Å². The first-order valence-corrected chi connectivity index (χ1v) is 10.6. The number of rotatable bonds is 10. The Balaban J connectivity index is 1.73. The zero-order valence-corrected chi connectivity index (χ0v) is 16.6. The lowest BCUT2D eigenvalue weighted by Gasteiger charge is -2.21. The molecule has 1 fully saturated rings. The largest absolute Gasteiger partial charge is 0.382 e. The molecule has 0 saturated carbocycles. The lowest BCUT2D eigenvalue weighted by Crippen LogP contribution is -2.40. The van der Waals surface area contributed by atoms with Gasteiger partial charge in [-0.05, 0) is 51.2 Å². The van der Waals surface area contributed by atoms with Crippen molar-refractivity contribution in [3.8, 4) is 0 Å². The van der Waals surface area contributed by atoms with Crippen LogP contribution in [0.2, 0.25) is 0 Å². The Morgan fingerprint density at radius 2 is 2.12 bits per heavy atom. The topological polar surface area (TPSA) is 36.9 Å². The molecule has 1 heterocycles. The van der Waals surface area contributed by atoms with Crippen LogP contribution < -0.4 is 5.32 Å². The average Bonchev–Trinajstić information content (AvgIpc) is 3.12. The van der Waals surface area contributed by atoms with Crippen LogP contribution in [0.15, 0.2) is 40.2 Å². The Hall–Kier alpha value is -1.20. The Kier molecular flexibility index (Phi) is 9.82. The smallest absolute Gasteiger partial charge is 0.193 e. The van der Waals surface area contributed by atoms with Crippen molar-refractivity contribution in [3.63, 3.8) is 0 Å². The molecule has 25 heavy (non-hydrogen) atoms. The molecule has 0 aromatic heterocycles. The quantitative estimate of drug-likeness (QED) is 0.296. The summed E-state index contributed by atoms with van der Waals surface area (Å²) in [6.07, 6.45) is 3.44. The number of nitrogens with zero attached hydrogens (tertiary/aromatic N) is 2. The minimum Gasteiger partial charge on any atom is -0.382 e. The normalized spacial score (nSPS) is 17.9. The maximum atomic E-state index is 5.39. The SMILES string of the molecule is CCNC(=NCCCCOCC)N1CCC(CSc2ccccc2)C1. The molecule has 140 valence electrons. The third kappa shape index (κ3) is 7.70. The van der Waals surface area contributed by atoms with Gasteiger partial charge in [-0.1, -0.05) is 18.2 Å². The van der Waals surface area contributed by atoms with Crippen LogP contribution in [0, 0.1) is 5.92 Å². The van der Waals surface area contributed by atoms with Crippen LogP contribution in [0.5, 0.6) is 0 Å². The van der Waals surface area contributed by atoms with E-state index < -0.39 is 0 Å². The van der Waals surface area contributed by atoms with Gasteiger partial charge >= 0.3 is 0 Å². The molecule has 1 unspecified atom stereocenters. The summed E-state index contributed by atoms with van der Waals surface area (Å²) in [5.74, 6) is 3.02. The highest BCUT2D eigenvalue weighted by molar-refractivity contribution is 7.99. The zero-order chi connectivity index (χ0) is 17.7. The Morgan fingerprint density at radius 3 is 2.88 bits per heavy atom. The first kappa shape index (κ1) is 20.1. The van der Waals surface area contributed by atoms with E-state index in [-0.39, 0.29) is 0 Å². The summed E-state index contributed by atoms with van der Waals surface area (Å²) in [5, 5.41) is 3.46. The van der Waals surface area contributed by atoms with Crippen LogP contribution in [0.4, 0.5) is 0 Å². The van der Waals surface area contributed by atoms with Crippen molar-refractivity contribution in [2.75, 3.05) is 45.1 Å². The highest BCUT2D eigenvalue weighted by Gasteiger charge is 2.24. The molecule has 1 N–H and O–H groups in total. The lowest BCUT2D eigenvalue weighted by atomic mass is 10.2. The Morgan fingerprint density at radius 1 is 1.28 bits per heavy atom. The second-order valence-corrected chi connectivity index (χ2v) is 7.46. The first-order chi connectivity index (χ1) is 12.3. The molecule has 5 heteroatoms. The summed E-state index contributed by atoms with van der Waals surface area (Å²) in [6, 6.07) is 10.7. The van der Waals surface area contributed by atoms with Gasteiger partial charge < -0.3 is 15.0 Å². The van der Waals surface area contributed by atoms with E-state index in [1.54, 1.807) is 0 Å². The molecule has 1 atom stereocenters. The summed E-state index contributed by atoms with van der Waals surface area (Å²) < 4.78 is 5.39. The van der Waals surface area contributed by atoms with Gasteiger partial charge in [0.2, 0.25) is 0 Å². The summed E-state index contributed by atoms with van der Waals surface area (Å²) in [6.45, 7) is 9.89. The maximum Gasteiger partial charge on any atom is 0.193 e. The monoisotopic (exact) mass is 363 g/mol. The molecule has 4 nitrogen and oxygen atoms in total. The zero-order valence-electron chi connectivity index (χ0n) is 15.7. The number of ether oxygens (including phenoxy) is 1. The number of unbranched alkanes of at least 4 members (excludes halogenated alkanes) is 1. The Labute approximate surface area is 157 Å². The third-order valence-electron chi connectivity index (χ3n) is 4.31. The van der Waals surface area contributed by atoms with Gasteiger partial charge in [-0.25, -0.2) is 0 Å². The molecule has 2 rings (SSSR count). The van der Waals surface area contributed by atoms with Crippen LogP contribution >= 0.6 is 11.8 Å². The highest BCUT2D eigenvalue weighted by Crippen LogP contribution is 2.25. The number of benzene rings is 1. The van der Waals surface area contributed by atoms with Crippen LogP contribution in [0.3, 0.4) is 0 Å². The number of guanidine groups is 1. The van der Waals surface area contributed by atoms with E-state index in [1.807, 2.05) is 18.7 Å². The van der Waals surface area contributed by atoms with Gasteiger partial charge in [0, 0.05) is 50.0 Å². The predicted molar refractivity (Wildman–Crippen MR) is 109 cm³/mol. The molecule has 1 aromatic rings. The molecule has 1 aliphatic heterocycles. The van der Waals surface area contributed by atoms with E-state index in [9.17, 15) is 0 Å². The molecule has 0 bridgehead atoms. The number of likely N-dealkylation sites (tertiary alicyclic amines) is 1. The number of nitrogens with one attached hydrogen (secondary N) is 1. The average molecular weight is 364 g/mol. The third-order valence-corrected chi connectivity index (χ3v) is 5.56. The number of hydrogen-bond donors (Lipinski definition) is 1. The van der Waals surface area contributed by atoms with Crippen molar-refractivity contribution in [1.82, 2.24) is 10.2 Å². The molecule has 1 aliphatic rings. The molecule has 0 amide bonds. The minimum atomic E-state index is 0.743. The van der Waals surface area contributed by atoms with Gasteiger partial charge in [0.25, 0.3) is 0 Å². The van der Waals surface area contributed by atoms with Gasteiger partial charge in [-0.3, -0.25) is 4.99 Å². The predicted octanol–water partition coefficient (Wildman–Crippen LogP) is 3.88. The van der Waals surface area contributed by atoms with E-state index >= 15 is 0 Å². The highest BCUT2D eigenvalue weighted by atomic mass is 32.2. The fourth-order valence-corrected chi connectivity index (χ4v) is 4.01. The van der Waals surface area contributed by atoms with E-state index in [4.69, 9.17) is 9.73 Å². The van der Waals surface area contributed by atoms with Crippen molar-refractivity contribution < 1.29 is 4.74 Å². The summed E-state index contributed by atoms with van der Waals surface area (Å²) in [7, 11) is 0. The van der Waals surface area contributed by atoms with Crippen LogP contribution in [-0.4, -0.2) is 56.0 Å². The van der Waals surface area contributed by atoms with Gasteiger partial charge in [0.05, 0.1) is 0 Å². The molecular formula is C20H33N3OS. The number of hydrogen-bond acceptors (Lipinski definition) is 3. The molecule has 0 aliphatic carbocycles. The fraction of sp³-hybridized carbons (Fsp3) is 0.650. The minimum absolute atomic E-state index is 0.743. The van der Waals surface area contributed by atoms with Gasteiger partial charge in [-0.2, -0.15) is 0 Å². The molecule has 0 spiro atoms. The van der Waals surface area contributed by atoms with Crippen LogP contribution in [0.25, 0.3) is 0 Å². The first-order valence-electron chi connectivity index (χ1n) is 9.62. The Bertz CT molecular complexity index is 495. The number of aliphatic imine (C=N–C) groups is 1.